The van der Waals surface area contributed by atoms with Crippen LogP contribution in [0.5, 0.6) is 0 Å². The molecule has 0 saturated heterocycles. The van der Waals surface area contributed by atoms with Crippen molar-refractivity contribution in [2.75, 3.05) is 20.1 Å². The predicted octanol–water partition coefficient (Wildman–Crippen LogP) is 5.72. The number of hydrogen-bond donors (Lipinski definition) is 3. The highest BCUT2D eigenvalue weighted by Gasteiger charge is 2.30. The van der Waals surface area contributed by atoms with Gasteiger partial charge in [0, 0.05) is 43.9 Å². The number of benzene rings is 2. The molecule has 13 heteroatoms. The lowest BCUT2D eigenvalue weighted by molar-refractivity contribution is -0.136. The van der Waals surface area contributed by atoms with Gasteiger partial charge in [0.25, 0.3) is 0 Å². The van der Waals surface area contributed by atoms with E-state index in [9.17, 15) is 27.1 Å². The minimum absolute atomic E-state index is 0.0505. The Labute approximate surface area is 260 Å². The third-order valence-corrected chi connectivity index (χ3v) is 9.75. The molecule has 3 N–H and O–H groups in total. The number of aliphatic hydroxyl groups is 1. The van der Waals surface area contributed by atoms with Crippen LogP contribution in [0.4, 0.5) is 8.78 Å². The van der Waals surface area contributed by atoms with Gasteiger partial charge in [0.2, 0.25) is 16.0 Å². The van der Waals surface area contributed by atoms with Crippen molar-refractivity contribution >= 4 is 39.2 Å². The third kappa shape index (κ3) is 9.66. The number of β-amino-alcohol motifs (C(OH)–C–C–N with tert-alkyl or cyclic N) is 1. The minimum atomic E-state index is -4.26. The Bertz CT molecular complexity index is 1520. The summed E-state index contributed by atoms with van der Waals surface area (Å²) in [5.41, 5.74) is 1.25. The average molecular weight is 659 g/mol. The number of carboxylic acid groups (broad SMARTS) is 1. The first-order valence-corrected chi connectivity index (χ1v) is 15.8. The molecule has 1 unspecified atom stereocenters. The molecule has 0 radical (unpaired) electrons. The van der Waals surface area contributed by atoms with Gasteiger partial charge in [-0.25, -0.2) is 17.8 Å². The molecule has 0 spiro atoms. The number of nitrogens with zero attached hydrogens (tertiary/aromatic N) is 2. The number of carbonyl (C=O) groups is 1. The van der Waals surface area contributed by atoms with Crippen molar-refractivity contribution < 1.29 is 32.2 Å². The first-order chi connectivity index (χ1) is 20.1. The third-order valence-electron chi connectivity index (χ3n) is 7.00. The first kappa shape index (κ1) is 34.8. The Hall–Kier alpha value is -2.67. The fourth-order valence-electron chi connectivity index (χ4n) is 4.68. The monoisotopic (exact) mass is 657 g/mol. The van der Waals surface area contributed by atoms with E-state index in [4.69, 9.17) is 28.3 Å². The second-order valence-corrected chi connectivity index (χ2v) is 13.8. The van der Waals surface area contributed by atoms with E-state index in [-0.39, 0.29) is 57.5 Å². The molecule has 234 valence electrons. The summed E-state index contributed by atoms with van der Waals surface area (Å²) in [5.74, 6) is -2.20. The van der Waals surface area contributed by atoms with Gasteiger partial charge in [-0.1, -0.05) is 41.4 Å². The zero-order chi connectivity index (χ0) is 31.9. The number of aliphatic carboxylic acids is 1. The van der Waals surface area contributed by atoms with Crippen molar-refractivity contribution in [1.29, 1.82) is 0 Å². The zero-order valence-corrected chi connectivity index (χ0v) is 26.4. The smallest absolute Gasteiger partial charge is 0.303 e. The Balaban J connectivity index is 1.66. The Morgan fingerprint density at radius 3 is 2.40 bits per heavy atom. The molecule has 8 nitrogen and oxygen atoms in total. The highest BCUT2D eigenvalue weighted by Crippen LogP contribution is 2.38. The van der Waals surface area contributed by atoms with Gasteiger partial charge in [-0.3, -0.25) is 4.79 Å². The second-order valence-electron chi connectivity index (χ2n) is 11.0. The van der Waals surface area contributed by atoms with Crippen LogP contribution in [-0.4, -0.2) is 65.7 Å². The Kier molecular flexibility index (Phi) is 12.0. The molecule has 0 bridgehead atoms. The summed E-state index contributed by atoms with van der Waals surface area (Å²) in [6.45, 7) is 3.78. The maximum Gasteiger partial charge on any atom is 0.303 e. The SMILES string of the molecule is CN(CC(O)CNC(C)(C)CCCc1ccc(F)nc1)S(=O)(=O)c1c(Cl)cc(-c2c(F)cccc2CCC(=O)O)cc1Cl. The fraction of sp³-hybridized carbons (Fsp3) is 0.400. The molecule has 1 aromatic heterocycles. The molecule has 43 heavy (non-hydrogen) atoms. The van der Waals surface area contributed by atoms with Gasteiger partial charge in [0.1, 0.15) is 10.7 Å². The van der Waals surface area contributed by atoms with E-state index in [2.05, 4.69) is 10.3 Å². The topological polar surface area (TPSA) is 120 Å². The van der Waals surface area contributed by atoms with Gasteiger partial charge >= 0.3 is 5.97 Å². The summed E-state index contributed by atoms with van der Waals surface area (Å²) in [7, 11) is -2.97. The Morgan fingerprint density at radius 1 is 1.12 bits per heavy atom. The second kappa shape index (κ2) is 14.9. The normalized spacial score (nSPS) is 13.0. The van der Waals surface area contributed by atoms with Crippen LogP contribution in [-0.2, 0) is 27.7 Å². The summed E-state index contributed by atoms with van der Waals surface area (Å²) < 4.78 is 55.6. The lowest BCUT2D eigenvalue weighted by Gasteiger charge is -2.29. The first-order valence-electron chi connectivity index (χ1n) is 13.6. The van der Waals surface area contributed by atoms with Crippen LogP contribution >= 0.6 is 23.2 Å². The van der Waals surface area contributed by atoms with Gasteiger partial charge < -0.3 is 15.5 Å². The van der Waals surface area contributed by atoms with Crippen LogP contribution in [0.3, 0.4) is 0 Å². The maximum atomic E-state index is 14.8. The maximum absolute atomic E-state index is 14.8. The quantitative estimate of drug-likeness (QED) is 0.179. The van der Waals surface area contributed by atoms with Gasteiger partial charge in [-0.05, 0) is 80.5 Å². The lowest BCUT2D eigenvalue weighted by atomic mass is 9.95. The molecular weight excluding hydrogens is 623 g/mol. The summed E-state index contributed by atoms with van der Waals surface area (Å²) in [5, 5.41) is 22.5. The predicted molar refractivity (Wildman–Crippen MR) is 163 cm³/mol. The number of carboxylic acids is 1. The standard InChI is InChI=1S/C30H35Cl2F2N3O5S/c1-30(2,13-5-6-19-9-11-26(34)35-16-19)36-17-22(38)18-37(3)43(41,42)29-23(31)14-21(15-24(29)32)28-20(10-12-27(39)40)7-4-8-25(28)33/h4,7-9,11,14-16,22,36,38H,5-6,10,12-13,17-18H2,1-3H3,(H,39,40). The van der Waals surface area contributed by atoms with E-state index in [0.717, 1.165) is 22.7 Å². The van der Waals surface area contributed by atoms with Crippen LogP contribution in [0.2, 0.25) is 10.0 Å². The average Bonchev–Trinajstić information content (AvgIpc) is 2.91. The van der Waals surface area contributed by atoms with Crippen molar-refractivity contribution in [3.05, 3.63) is 81.6 Å². The fourth-order valence-corrected chi connectivity index (χ4v) is 7.04. The number of rotatable bonds is 15. The number of halogens is 4. The number of nitrogens with one attached hydrogen (secondary N) is 1. The number of aliphatic hydroxyl groups excluding tert-OH is 1. The van der Waals surface area contributed by atoms with Crippen LogP contribution in [0, 0.1) is 11.8 Å². The van der Waals surface area contributed by atoms with Crippen molar-refractivity contribution in [2.45, 2.75) is 62.5 Å². The van der Waals surface area contributed by atoms with Crippen molar-refractivity contribution in [3.8, 4) is 11.1 Å². The van der Waals surface area contributed by atoms with E-state index >= 15 is 0 Å². The van der Waals surface area contributed by atoms with Gasteiger partial charge in [0.15, 0.2) is 0 Å². The zero-order valence-electron chi connectivity index (χ0n) is 24.1. The Morgan fingerprint density at radius 2 is 1.79 bits per heavy atom. The number of aromatic nitrogens is 1. The molecule has 0 aliphatic carbocycles. The summed E-state index contributed by atoms with van der Waals surface area (Å²) in [6.07, 6.45) is 2.50. The molecule has 0 aliphatic heterocycles. The van der Waals surface area contributed by atoms with Crippen molar-refractivity contribution in [2.24, 2.45) is 0 Å². The largest absolute Gasteiger partial charge is 0.481 e. The molecule has 0 saturated carbocycles. The molecule has 0 aliphatic rings. The highest BCUT2D eigenvalue weighted by molar-refractivity contribution is 7.89. The van der Waals surface area contributed by atoms with Gasteiger partial charge in [-0.15, -0.1) is 0 Å². The van der Waals surface area contributed by atoms with Crippen molar-refractivity contribution in [3.63, 3.8) is 0 Å². The van der Waals surface area contributed by atoms with Crippen LogP contribution < -0.4 is 5.32 Å². The van der Waals surface area contributed by atoms with Gasteiger partial charge in [0.05, 0.1) is 16.1 Å². The number of sulfonamides is 1. The summed E-state index contributed by atoms with van der Waals surface area (Å²) >= 11 is 12.8. The summed E-state index contributed by atoms with van der Waals surface area (Å²) in [4.78, 5) is 14.3. The summed E-state index contributed by atoms with van der Waals surface area (Å²) in [6, 6.07) is 9.81. The van der Waals surface area contributed by atoms with Crippen LogP contribution in [0.1, 0.15) is 44.2 Å². The number of aryl methyl sites for hydroxylation is 2. The van der Waals surface area contributed by atoms with Crippen molar-refractivity contribution in [1.82, 2.24) is 14.6 Å². The molecule has 1 atom stereocenters. The molecule has 3 aromatic rings. The number of likely N-dealkylation sites (N-methyl/N-ethyl adjacent to an activating group) is 1. The molecule has 0 fully saturated rings. The van der Waals surface area contributed by atoms with Crippen LogP contribution in [0.15, 0.2) is 53.6 Å². The molecule has 3 rings (SSSR count). The van der Waals surface area contributed by atoms with E-state index in [1.54, 1.807) is 12.1 Å². The molecule has 0 amide bonds. The molecule has 2 aromatic carbocycles. The number of pyridine rings is 1. The lowest BCUT2D eigenvalue weighted by Crippen LogP contribution is -2.46. The molecule has 1 heterocycles. The van der Waals surface area contributed by atoms with Gasteiger partial charge in [-0.2, -0.15) is 8.70 Å². The van der Waals surface area contributed by atoms with E-state index in [1.165, 1.54) is 43.6 Å². The highest BCUT2D eigenvalue weighted by atomic mass is 35.5. The number of hydrogen-bond acceptors (Lipinski definition) is 6. The minimum Gasteiger partial charge on any atom is -0.481 e. The van der Waals surface area contributed by atoms with E-state index < -0.39 is 33.9 Å². The van der Waals surface area contributed by atoms with E-state index in [1.807, 2.05) is 13.8 Å². The van der Waals surface area contributed by atoms with E-state index in [0.29, 0.717) is 12.0 Å². The molecular formula is C30H35Cl2F2N3O5S. The van der Waals surface area contributed by atoms with Crippen LogP contribution in [0.25, 0.3) is 11.1 Å².